The summed E-state index contributed by atoms with van der Waals surface area (Å²) in [6, 6.07) is 3.67. The first kappa shape index (κ1) is 12.5. The van der Waals surface area contributed by atoms with Crippen LogP contribution < -0.4 is 5.32 Å². The van der Waals surface area contributed by atoms with Gasteiger partial charge in [-0.1, -0.05) is 0 Å². The minimum Gasteiger partial charge on any atom is -0.353 e. The molecule has 0 aliphatic carbocycles. The van der Waals surface area contributed by atoms with Crippen molar-refractivity contribution in [3.05, 3.63) is 41.7 Å². The van der Waals surface area contributed by atoms with Crippen molar-refractivity contribution in [2.75, 3.05) is 5.32 Å². The number of hydrogen-bond acceptors (Lipinski definition) is 2. The largest absolute Gasteiger partial charge is 0.353 e. The van der Waals surface area contributed by atoms with Crippen LogP contribution >= 0.6 is 0 Å². The summed E-state index contributed by atoms with van der Waals surface area (Å²) in [6.07, 6.45) is 1.71. The van der Waals surface area contributed by atoms with E-state index >= 15 is 0 Å². The predicted octanol–water partition coefficient (Wildman–Crippen LogP) is 3.28. The molecule has 18 heavy (non-hydrogen) atoms. The number of anilines is 1. The molecule has 0 unspecified atom stereocenters. The summed E-state index contributed by atoms with van der Waals surface area (Å²) in [5.74, 6) is -0.654. The van der Waals surface area contributed by atoms with Crippen molar-refractivity contribution in [2.24, 2.45) is 0 Å². The van der Waals surface area contributed by atoms with Gasteiger partial charge in [-0.2, -0.15) is 0 Å². The highest BCUT2D eigenvalue weighted by atomic mass is 19.1. The predicted molar refractivity (Wildman–Crippen MR) is 67.0 cm³/mol. The van der Waals surface area contributed by atoms with E-state index in [-0.39, 0.29) is 11.7 Å². The van der Waals surface area contributed by atoms with Gasteiger partial charge in [-0.15, -0.1) is 0 Å². The summed E-state index contributed by atoms with van der Waals surface area (Å²) in [5, 5.41) is 3.13. The average Bonchev–Trinajstić information content (AvgIpc) is 2.58. The first-order valence-electron chi connectivity index (χ1n) is 5.75. The molecule has 0 radical (unpaired) electrons. The van der Waals surface area contributed by atoms with Crippen molar-refractivity contribution in [1.29, 1.82) is 0 Å². The van der Waals surface area contributed by atoms with E-state index in [1.165, 1.54) is 12.1 Å². The van der Waals surface area contributed by atoms with E-state index in [0.717, 1.165) is 11.8 Å². The number of hydrogen-bond donors (Lipinski definition) is 1. The van der Waals surface area contributed by atoms with Crippen LogP contribution in [0, 0.1) is 18.6 Å². The van der Waals surface area contributed by atoms with Crippen LogP contribution in [0.2, 0.25) is 0 Å². The van der Waals surface area contributed by atoms with Gasteiger partial charge in [0.15, 0.2) is 0 Å². The molecule has 0 fully saturated rings. The van der Waals surface area contributed by atoms with Gasteiger partial charge in [-0.05, 0) is 32.9 Å². The number of halogens is 2. The van der Waals surface area contributed by atoms with Crippen molar-refractivity contribution >= 4 is 5.95 Å². The topological polar surface area (TPSA) is 29.9 Å². The van der Waals surface area contributed by atoms with Gasteiger partial charge in [0.2, 0.25) is 5.95 Å². The maximum Gasteiger partial charge on any atom is 0.208 e. The van der Waals surface area contributed by atoms with Crippen LogP contribution in [0.3, 0.4) is 0 Å². The Labute approximate surface area is 104 Å². The van der Waals surface area contributed by atoms with E-state index < -0.39 is 11.6 Å². The van der Waals surface area contributed by atoms with Crippen LogP contribution in [-0.2, 0) is 0 Å². The van der Waals surface area contributed by atoms with E-state index in [4.69, 9.17) is 0 Å². The smallest absolute Gasteiger partial charge is 0.208 e. The first-order chi connectivity index (χ1) is 8.47. The van der Waals surface area contributed by atoms with Crippen molar-refractivity contribution in [2.45, 2.75) is 26.8 Å². The quantitative estimate of drug-likeness (QED) is 0.907. The maximum atomic E-state index is 13.7. The zero-order chi connectivity index (χ0) is 13.3. The highest BCUT2D eigenvalue weighted by Crippen LogP contribution is 2.20. The molecule has 0 aliphatic rings. The number of aromatic nitrogens is 2. The van der Waals surface area contributed by atoms with E-state index in [9.17, 15) is 8.78 Å². The molecule has 0 atom stereocenters. The van der Waals surface area contributed by atoms with Crippen molar-refractivity contribution < 1.29 is 8.78 Å². The molecule has 2 aromatic rings. The van der Waals surface area contributed by atoms with Gasteiger partial charge in [-0.25, -0.2) is 13.8 Å². The van der Waals surface area contributed by atoms with Gasteiger partial charge in [0, 0.05) is 18.3 Å². The molecule has 0 spiro atoms. The minimum atomic E-state index is -0.612. The van der Waals surface area contributed by atoms with Crippen molar-refractivity contribution in [3.63, 3.8) is 0 Å². The Kier molecular flexibility index (Phi) is 3.32. The van der Waals surface area contributed by atoms with Crippen LogP contribution in [0.25, 0.3) is 5.69 Å². The number of rotatable bonds is 3. The van der Waals surface area contributed by atoms with Gasteiger partial charge in [0.25, 0.3) is 0 Å². The molecule has 5 heteroatoms. The van der Waals surface area contributed by atoms with Gasteiger partial charge in [0.05, 0.1) is 11.4 Å². The molecule has 0 saturated heterocycles. The molecular weight excluding hydrogens is 236 g/mol. The molecule has 0 bridgehead atoms. The lowest BCUT2D eigenvalue weighted by molar-refractivity contribution is 0.578. The van der Waals surface area contributed by atoms with E-state index in [1.807, 2.05) is 20.8 Å². The Morgan fingerprint density at radius 2 is 2.00 bits per heavy atom. The summed E-state index contributed by atoms with van der Waals surface area (Å²) in [5.41, 5.74) is 1.04. The summed E-state index contributed by atoms with van der Waals surface area (Å²) in [6.45, 7) is 5.76. The molecule has 1 aromatic carbocycles. The summed E-state index contributed by atoms with van der Waals surface area (Å²) >= 11 is 0. The number of benzene rings is 1. The molecule has 1 N–H and O–H groups in total. The highest BCUT2D eigenvalue weighted by molar-refractivity contribution is 5.44. The lowest BCUT2D eigenvalue weighted by atomic mass is 10.3. The second kappa shape index (κ2) is 4.76. The lowest BCUT2D eigenvalue weighted by Crippen LogP contribution is -2.14. The van der Waals surface area contributed by atoms with Gasteiger partial charge >= 0.3 is 0 Å². The summed E-state index contributed by atoms with van der Waals surface area (Å²) in [4.78, 5) is 4.28. The third kappa shape index (κ3) is 2.50. The van der Waals surface area contributed by atoms with E-state index in [0.29, 0.717) is 5.95 Å². The van der Waals surface area contributed by atoms with Gasteiger partial charge in [-0.3, -0.25) is 4.57 Å². The second-order valence-electron chi connectivity index (χ2n) is 4.47. The Morgan fingerprint density at radius 1 is 1.28 bits per heavy atom. The van der Waals surface area contributed by atoms with E-state index in [1.54, 1.807) is 10.8 Å². The van der Waals surface area contributed by atoms with Crippen LogP contribution in [0.15, 0.2) is 24.4 Å². The molecule has 0 aliphatic heterocycles. The SMILES string of the molecule is Cc1cn(-c2ccc(F)cc2F)c(NC(C)C)n1. The van der Waals surface area contributed by atoms with E-state index in [2.05, 4.69) is 10.3 Å². The Morgan fingerprint density at radius 3 is 2.61 bits per heavy atom. The molecule has 1 heterocycles. The number of nitrogens with zero attached hydrogens (tertiary/aromatic N) is 2. The van der Waals surface area contributed by atoms with Crippen molar-refractivity contribution in [3.8, 4) is 5.69 Å². The average molecular weight is 251 g/mol. The number of imidazole rings is 1. The van der Waals surface area contributed by atoms with Crippen LogP contribution in [0.4, 0.5) is 14.7 Å². The second-order valence-corrected chi connectivity index (χ2v) is 4.47. The fourth-order valence-electron chi connectivity index (χ4n) is 1.72. The molecule has 0 saturated carbocycles. The monoisotopic (exact) mass is 251 g/mol. The lowest BCUT2D eigenvalue weighted by Gasteiger charge is -2.12. The zero-order valence-corrected chi connectivity index (χ0v) is 10.5. The Hall–Kier alpha value is -1.91. The third-order valence-electron chi connectivity index (χ3n) is 2.41. The highest BCUT2D eigenvalue weighted by Gasteiger charge is 2.12. The standard InChI is InChI=1S/C13H15F2N3/c1-8(2)16-13-17-9(3)7-18(13)12-5-4-10(14)6-11(12)15/h4-8H,1-3H3,(H,16,17). The molecule has 1 aromatic heterocycles. The van der Waals surface area contributed by atoms with Crippen LogP contribution in [-0.4, -0.2) is 15.6 Å². The third-order valence-corrected chi connectivity index (χ3v) is 2.41. The number of nitrogens with one attached hydrogen (secondary N) is 1. The fraction of sp³-hybridized carbons (Fsp3) is 0.308. The van der Waals surface area contributed by atoms with Gasteiger partial charge in [0.1, 0.15) is 11.6 Å². The maximum absolute atomic E-state index is 13.7. The fourth-order valence-corrected chi connectivity index (χ4v) is 1.72. The molecule has 0 amide bonds. The zero-order valence-electron chi connectivity index (χ0n) is 10.5. The Bertz CT molecular complexity index is 561. The van der Waals surface area contributed by atoms with Gasteiger partial charge < -0.3 is 5.32 Å². The minimum absolute atomic E-state index is 0.175. The van der Waals surface area contributed by atoms with Crippen molar-refractivity contribution in [1.82, 2.24) is 9.55 Å². The molecular formula is C13H15F2N3. The summed E-state index contributed by atoms with van der Waals surface area (Å²) < 4.78 is 28.2. The molecule has 2 rings (SSSR count). The number of aryl methyl sites for hydroxylation is 1. The summed E-state index contributed by atoms with van der Waals surface area (Å²) in [7, 11) is 0. The van der Waals surface area contributed by atoms with Crippen LogP contribution in [0.1, 0.15) is 19.5 Å². The van der Waals surface area contributed by atoms with Crippen LogP contribution in [0.5, 0.6) is 0 Å². The molecule has 96 valence electrons. The Balaban J connectivity index is 2.49. The molecule has 3 nitrogen and oxygen atoms in total. The first-order valence-corrected chi connectivity index (χ1v) is 5.75. The normalized spacial score (nSPS) is 11.0.